The van der Waals surface area contributed by atoms with E-state index in [0.29, 0.717) is 17.4 Å². The van der Waals surface area contributed by atoms with Gasteiger partial charge in [-0.05, 0) is 48.4 Å². The number of carboxylic acids is 1. The molecule has 0 saturated heterocycles. The minimum absolute atomic E-state index is 0.0732. The standard InChI is InChI=1S/C26H23NO6S2/c1-2-33-19-11-7-17(8-12-19)18-9-13-20(14-10-18)35(31,32)27-23-15-24(34-16-25(28)29)26(30)22-6-4-3-5-21(22)23/h3-15,27,30H,2,16H2,1H3,(H,28,29). The van der Waals surface area contributed by atoms with Crippen molar-refractivity contribution in [3.63, 3.8) is 0 Å². The van der Waals surface area contributed by atoms with E-state index in [2.05, 4.69) is 4.72 Å². The average molecular weight is 510 g/mol. The van der Waals surface area contributed by atoms with E-state index in [9.17, 15) is 18.3 Å². The second-order valence-corrected chi connectivity index (χ2v) is 10.3. The molecule has 7 nitrogen and oxygen atoms in total. The van der Waals surface area contributed by atoms with Crippen molar-refractivity contribution in [1.29, 1.82) is 0 Å². The van der Waals surface area contributed by atoms with Gasteiger partial charge in [-0.15, -0.1) is 11.8 Å². The lowest BCUT2D eigenvalue weighted by molar-refractivity contribution is -0.133. The highest BCUT2D eigenvalue weighted by atomic mass is 32.2. The van der Waals surface area contributed by atoms with Crippen LogP contribution >= 0.6 is 11.8 Å². The van der Waals surface area contributed by atoms with E-state index >= 15 is 0 Å². The number of thioether (sulfide) groups is 1. The van der Waals surface area contributed by atoms with Crippen molar-refractivity contribution in [3.8, 4) is 22.6 Å². The van der Waals surface area contributed by atoms with Crippen molar-refractivity contribution >= 4 is 44.2 Å². The highest BCUT2D eigenvalue weighted by Crippen LogP contribution is 2.40. The van der Waals surface area contributed by atoms with Crippen LogP contribution in [0.2, 0.25) is 0 Å². The Balaban J connectivity index is 1.64. The van der Waals surface area contributed by atoms with E-state index in [1.54, 1.807) is 36.4 Å². The predicted octanol–water partition coefficient (Wildman–Crippen LogP) is 5.59. The summed E-state index contributed by atoms with van der Waals surface area (Å²) in [6.45, 7) is 2.49. The van der Waals surface area contributed by atoms with Gasteiger partial charge >= 0.3 is 5.97 Å². The number of fused-ring (bicyclic) bond motifs is 1. The third-order valence-electron chi connectivity index (χ3n) is 5.24. The number of carboxylic acid groups (broad SMARTS) is 1. The van der Waals surface area contributed by atoms with Crippen LogP contribution in [0.4, 0.5) is 5.69 Å². The van der Waals surface area contributed by atoms with Crippen LogP contribution in [0, 0.1) is 0 Å². The molecule has 0 aliphatic carbocycles. The Bertz CT molecular complexity index is 1470. The Morgan fingerprint density at radius 3 is 2.14 bits per heavy atom. The van der Waals surface area contributed by atoms with Crippen LogP contribution in [0.5, 0.6) is 11.5 Å². The van der Waals surface area contributed by atoms with Crippen LogP contribution in [0.15, 0.2) is 88.7 Å². The van der Waals surface area contributed by atoms with Gasteiger partial charge in [0.25, 0.3) is 10.0 Å². The summed E-state index contributed by atoms with van der Waals surface area (Å²) >= 11 is 0.916. The van der Waals surface area contributed by atoms with Crippen molar-refractivity contribution in [1.82, 2.24) is 0 Å². The molecule has 0 heterocycles. The summed E-state index contributed by atoms with van der Waals surface area (Å²) in [5.74, 6) is -0.640. The number of hydrogen-bond donors (Lipinski definition) is 3. The minimum atomic E-state index is -3.96. The summed E-state index contributed by atoms with van der Waals surface area (Å²) in [4.78, 5) is 11.3. The molecule has 4 rings (SSSR count). The first kappa shape index (κ1) is 24.4. The highest BCUT2D eigenvalue weighted by Gasteiger charge is 2.19. The molecule has 180 valence electrons. The molecule has 0 saturated carbocycles. The van der Waals surface area contributed by atoms with E-state index in [1.807, 2.05) is 31.2 Å². The summed E-state index contributed by atoms with van der Waals surface area (Å²) in [7, 11) is -3.96. The fraction of sp³-hybridized carbons (Fsp3) is 0.115. The smallest absolute Gasteiger partial charge is 0.313 e. The molecule has 0 bridgehead atoms. The summed E-state index contributed by atoms with van der Waals surface area (Å²) < 4.78 is 34.4. The van der Waals surface area contributed by atoms with Crippen molar-refractivity contribution < 1.29 is 28.2 Å². The molecule has 0 aromatic heterocycles. The van der Waals surface area contributed by atoms with Gasteiger partial charge in [0.1, 0.15) is 11.5 Å². The van der Waals surface area contributed by atoms with Gasteiger partial charge in [-0.25, -0.2) is 8.42 Å². The van der Waals surface area contributed by atoms with E-state index in [1.165, 1.54) is 18.2 Å². The Kier molecular flexibility index (Phi) is 7.18. The molecule has 0 fully saturated rings. The van der Waals surface area contributed by atoms with Gasteiger partial charge in [-0.1, -0.05) is 48.5 Å². The SMILES string of the molecule is CCOc1ccc(-c2ccc(S(=O)(=O)Nc3cc(SCC(=O)O)c(O)c4ccccc34)cc2)cc1. The Hall–Kier alpha value is -3.69. The highest BCUT2D eigenvalue weighted by molar-refractivity contribution is 8.00. The zero-order chi connectivity index (χ0) is 25.0. The topological polar surface area (TPSA) is 113 Å². The van der Waals surface area contributed by atoms with Crippen molar-refractivity contribution in [3.05, 3.63) is 78.9 Å². The van der Waals surface area contributed by atoms with Gasteiger partial charge in [0.05, 0.1) is 27.8 Å². The normalized spacial score (nSPS) is 11.3. The van der Waals surface area contributed by atoms with Crippen LogP contribution in [-0.2, 0) is 14.8 Å². The lowest BCUT2D eigenvalue weighted by Gasteiger charge is -2.15. The first-order valence-corrected chi connectivity index (χ1v) is 13.2. The van der Waals surface area contributed by atoms with E-state index in [-0.39, 0.29) is 27.0 Å². The van der Waals surface area contributed by atoms with Crippen molar-refractivity contribution in [2.24, 2.45) is 0 Å². The second kappa shape index (κ2) is 10.3. The van der Waals surface area contributed by atoms with Crippen LogP contribution in [0.1, 0.15) is 6.92 Å². The third-order valence-corrected chi connectivity index (χ3v) is 7.63. The molecule has 0 amide bonds. The molecule has 35 heavy (non-hydrogen) atoms. The van der Waals surface area contributed by atoms with E-state index in [4.69, 9.17) is 9.84 Å². The van der Waals surface area contributed by atoms with Gasteiger partial charge in [0, 0.05) is 10.8 Å². The number of carbonyl (C=O) groups is 1. The fourth-order valence-corrected chi connectivity index (χ4v) is 5.41. The molecule has 0 radical (unpaired) electrons. The zero-order valence-electron chi connectivity index (χ0n) is 18.8. The summed E-state index contributed by atoms with van der Waals surface area (Å²) in [5, 5.41) is 20.5. The predicted molar refractivity (Wildman–Crippen MR) is 138 cm³/mol. The van der Waals surface area contributed by atoms with Crippen LogP contribution in [0.25, 0.3) is 21.9 Å². The first-order valence-electron chi connectivity index (χ1n) is 10.7. The lowest BCUT2D eigenvalue weighted by atomic mass is 10.1. The average Bonchev–Trinajstić information content (AvgIpc) is 2.85. The largest absolute Gasteiger partial charge is 0.506 e. The maximum Gasteiger partial charge on any atom is 0.313 e. The number of phenolic OH excluding ortho intramolecular Hbond substituents is 1. The number of aliphatic carboxylic acids is 1. The summed E-state index contributed by atoms with van der Waals surface area (Å²) in [5.41, 5.74) is 2.03. The van der Waals surface area contributed by atoms with Crippen molar-refractivity contribution in [2.45, 2.75) is 16.7 Å². The van der Waals surface area contributed by atoms with Crippen LogP contribution in [0.3, 0.4) is 0 Å². The molecular weight excluding hydrogens is 486 g/mol. The Labute approximate surface area is 207 Å². The van der Waals surface area contributed by atoms with Gasteiger partial charge in [0.15, 0.2) is 0 Å². The van der Waals surface area contributed by atoms with Gasteiger partial charge < -0.3 is 14.9 Å². The number of anilines is 1. The minimum Gasteiger partial charge on any atom is -0.506 e. The summed E-state index contributed by atoms with van der Waals surface area (Å²) in [6.07, 6.45) is 0. The van der Waals surface area contributed by atoms with Gasteiger partial charge in [-0.2, -0.15) is 0 Å². The zero-order valence-corrected chi connectivity index (χ0v) is 20.4. The number of sulfonamides is 1. The number of phenols is 1. The van der Waals surface area contributed by atoms with Crippen LogP contribution < -0.4 is 9.46 Å². The second-order valence-electron chi connectivity index (χ2n) is 7.59. The quantitative estimate of drug-likeness (QED) is 0.199. The summed E-state index contributed by atoms with van der Waals surface area (Å²) in [6, 6.07) is 22.3. The lowest BCUT2D eigenvalue weighted by Crippen LogP contribution is -2.13. The Morgan fingerprint density at radius 2 is 1.54 bits per heavy atom. The molecular formula is C26H23NO6S2. The van der Waals surface area contributed by atoms with Crippen LogP contribution in [-0.4, -0.2) is 37.0 Å². The van der Waals surface area contributed by atoms with Gasteiger partial charge in [-0.3, -0.25) is 9.52 Å². The maximum absolute atomic E-state index is 13.2. The third kappa shape index (κ3) is 5.52. The molecule has 4 aromatic rings. The number of hydrogen-bond acceptors (Lipinski definition) is 6. The number of nitrogens with one attached hydrogen (secondary N) is 1. The molecule has 0 spiro atoms. The molecule has 0 aliphatic rings. The van der Waals surface area contributed by atoms with Gasteiger partial charge in [0.2, 0.25) is 0 Å². The number of benzene rings is 4. The first-order chi connectivity index (χ1) is 16.8. The monoisotopic (exact) mass is 509 g/mol. The molecule has 0 atom stereocenters. The molecule has 3 N–H and O–H groups in total. The van der Waals surface area contributed by atoms with E-state index < -0.39 is 16.0 Å². The fourth-order valence-electron chi connectivity index (χ4n) is 3.61. The van der Waals surface area contributed by atoms with E-state index in [0.717, 1.165) is 28.6 Å². The maximum atomic E-state index is 13.2. The number of aromatic hydroxyl groups is 1. The molecule has 0 unspecified atom stereocenters. The van der Waals surface area contributed by atoms with Crippen molar-refractivity contribution in [2.75, 3.05) is 17.1 Å². The molecule has 0 aliphatic heterocycles. The molecule has 4 aromatic carbocycles. The number of ether oxygens (including phenoxy) is 1. The Morgan fingerprint density at radius 1 is 0.943 bits per heavy atom. The number of rotatable bonds is 9. The molecule has 9 heteroatoms.